The smallest absolute Gasteiger partial charge is 0.255 e. The molecular formula is C14H12Br2N2O. The Morgan fingerprint density at radius 3 is 2.37 bits per heavy atom. The molecule has 0 aromatic heterocycles. The number of carbonyl (C=O) groups excluding carboxylic acids is 1. The first-order valence-electron chi connectivity index (χ1n) is 5.65. The van der Waals surface area contributed by atoms with Crippen LogP contribution in [-0.2, 0) is 6.54 Å². The number of amides is 1. The summed E-state index contributed by atoms with van der Waals surface area (Å²) in [6, 6.07) is 12.8. The van der Waals surface area contributed by atoms with Gasteiger partial charge in [0.15, 0.2) is 0 Å². The Kier molecular flexibility index (Phi) is 4.74. The van der Waals surface area contributed by atoms with Crippen LogP contribution >= 0.6 is 31.9 Å². The van der Waals surface area contributed by atoms with Crippen molar-refractivity contribution >= 4 is 43.5 Å². The highest BCUT2D eigenvalue weighted by Gasteiger charge is 2.08. The molecule has 0 atom stereocenters. The van der Waals surface area contributed by atoms with Crippen LogP contribution in [-0.4, -0.2) is 5.91 Å². The van der Waals surface area contributed by atoms with Crippen LogP contribution in [0.15, 0.2) is 51.4 Å². The van der Waals surface area contributed by atoms with Gasteiger partial charge in [-0.25, -0.2) is 0 Å². The summed E-state index contributed by atoms with van der Waals surface area (Å²) in [5, 5.41) is 2.85. The molecule has 98 valence electrons. The molecule has 0 fully saturated rings. The van der Waals surface area contributed by atoms with E-state index in [-0.39, 0.29) is 5.91 Å². The molecular weight excluding hydrogens is 372 g/mol. The van der Waals surface area contributed by atoms with Crippen molar-refractivity contribution in [2.45, 2.75) is 6.54 Å². The van der Waals surface area contributed by atoms with Crippen molar-refractivity contribution in [1.29, 1.82) is 0 Å². The minimum atomic E-state index is -0.147. The summed E-state index contributed by atoms with van der Waals surface area (Å²) in [6.45, 7) is 0.472. The van der Waals surface area contributed by atoms with Crippen molar-refractivity contribution < 1.29 is 4.79 Å². The molecule has 2 rings (SSSR count). The third-order valence-corrected chi connectivity index (χ3v) is 3.78. The van der Waals surface area contributed by atoms with E-state index in [0.717, 1.165) is 20.2 Å². The van der Waals surface area contributed by atoms with E-state index < -0.39 is 0 Å². The third kappa shape index (κ3) is 3.65. The Hall–Kier alpha value is -1.17. The molecule has 2 aromatic carbocycles. The summed E-state index contributed by atoms with van der Waals surface area (Å²) in [4.78, 5) is 12.1. The summed E-state index contributed by atoms with van der Waals surface area (Å²) in [7, 11) is 0. The monoisotopic (exact) mass is 382 g/mol. The van der Waals surface area contributed by atoms with Gasteiger partial charge in [-0.2, -0.15) is 0 Å². The Morgan fingerprint density at radius 1 is 1.11 bits per heavy atom. The second kappa shape index (κ2) is 6.32. The van der Waals surface area contributed by atoms with Gasteiger partial charge in [-0.1, -0.05) is 28.1 Å². The van der Waals surface area contributed by atoms with E-state index in [1.54, 1.807) is 12.1 Å². The maximum Gasteiger partial charge on any atom is 0.255 e. The summed E-state index contributed by atoms with van der Waals surface area (Å²) in [5.74, 6) is -0.147. The van der Waals surface area contributed by atoms with E-state index in [1.165, 1.54) is 0 Å². The number of nitrogens with two attached hydrogens (primary N) is 1. The fourth-order valence-electron chi connectivity index (χ4n) is 1.58. The molecule has 1 amide bonds. The molecule has 0 radical (unpaired) electrons. The maximum absolute atomic E-state index is 12.1. The second-order valence-electron chi connectivity index (χ2n) is 3.98. The van der Waals surface area contributed by atoms with Crippen molar-refractivity contribution in [2.75, 3.05) is 5.32 Å². The van der Waals surface area contributed by atoms with Gasteiger partial charge in [0.2, 0.25) is 0 Å². The Bertz CT molecular complexity index is 597. The highest BCUT2D eigenvalue weighted by molar-refractivity contribution is 9.11. The number of halogens is 2. The number of hydrogen-bond donors (Lipinski definition) is 2. The first kappa shape index (κ1) is 14.2. The van der Waals surface area contributed by atoms with Gasteiger partial charge >= 0.3 is 0 Å². The lowest BCUT2D eigenvalue weighted by Gasteiger charge is -2.08. The number of benzene rings is 2. The number of hydrogen-bond acceptors (Lipinski definition) is 2. The largest absolute Gasteiger partial charge is 0.326 e. The van der Waals surface area contributed by atoms with Crippen molar-refractivity contribution in [3.8, 4) is 0 Å². The van der Waals surface area contributed by atoms with Crippen molar-refractivity contribution in [3.63, 3.8) is 0 Å². The van der Waals surface area contributed by atoms with Gasteiger partial charge in [0.1, 0.15) is 0 Å². The van der Waals surface area contributed by atoms with Crippen LogP contribution in [0.4, 0.5) is 5.69 Å². The van der Waals surface area contributed by atoms with E-state index in [2.05, 4.69) is 37.2 Å². The van der Waals surface area contributed by atoms with Gasteiger partial charge < -0.3 is 11.1 Å². The minimum absolute atomic E-state index is 0.147. The summed E-state index contributed by atoms with van der Waals surface area (Å²) in [5.41, 5.74) is 7.86. The van der Waals surface area contributed by atoms with Crippen LogP contribution in [0, 0.1) is 0 Å². The van der Waals surface area contributed by atoms with Crippen LogP contribution in [0.5, 0.6) is 0 Å². The zero-order chi connectivity index (χ0) is 13.8. The Morgan fingerprint density at radius 2 is 1.79 bits per heavy atom. The third-order valence-electron chi connectivity index (χ3n) is 2.63. The molecule has 0 bridgehead atoms. The van der Waals surface area contributed by atoms with Gasteiger partial charge in [0, 0.05) is 21.1 Å². The lowest BCUT2D eigenvalue weighted by molar-refractivity contribution is 0.102. The summed E-state index contributed by atoms with van der Waals surface area (Å²) < 4.78 is 1.78. The Labute approximate surface area is 128 Å². The van der Waals surface area contributed by atoms with Crippen LogP contribution < -0.4 is 11.1 Å². The van der Waals surface area contributed by atoms with Gasteiger partial charge in [-0.05, 0) is 51.8 Å². The quantitative estimate of drug-likeness (QED) is 0.843. The molecule has 0 aliphatic rings. The first-order chi connectivity index (χ1) is 9.10. The molecule has 0 aliphatic carbocycles. The molecule has 0 saturated carbocycles. The van der Waals surface area contributed by atoms with E-state index >= 15 is 0 Å². The highest BCUT2D eigenvalue weighted by Crippen LogP contribution is 2.26. The number of nitrogens with one attached hydrogen (secondary N) is 1. The van der Waals surface area contributed by atoms with Crippen LogP contribution in [0.3, 0.4) is 0 Å². The minimum Gasteiger partial charge on any atom is -0.326 e. The molecule has 0 spiro atoms. The Balaban J connectivity index is 2.15. The fourth-order valence-corrected chi connectivity index (χ4v) is 2.72. The lowest BCUT2D eigenvalue weighted by Crippen LogP contribution is -2.12. The second-order valence-corrected chi connectivity index (χ2v) is 5.75. The number of rotatable bonds is 3. The van der Waals surface area contributed by atoms with Crippen molar-refractivity contribution in [3.05, 3.63) is 62.5 Å². The molecule has 0 saturated heterocycles. The lowest BCUT2D eigenvalue weighted by atomic mass is 10.1. The highest BCUT2D eigenvalue weighted by atomic mass is 79.9. The van der Waals surface area contributed by atoms with Crippen molar-refractivity contribution in [1.82, 2.24) is 0 Å². The molecule has 0 unspecified atom stereocenters. The van der Waals surface area contributed by atoms with Gasteiger partial charge in [0.25, 0.3) is 5.91 Å². The molecule has 0 aliphatic heterocycles. The molecule has 0 heterocycles. The maximum atomic E-state index is 12.1. The standard InChI is InChI=1S/C14H12Br2N2O/c15-11-5-6-13(12(16)7-11)18-14(19)10-3-1-9(8-17)2-4-10/h1-7H,8,17H2,(H,18,19). The van der Waals surface area contributed by atoms with Crippen LogP contribution in [0.1, 0.15) is 15.9 Å². The predicted molar refractivity (Wildman–Crippen MR) is 84.1 cm³/mol. The van der Waals surface area contributed by atoms with Crippen molar-refractivity contribution in [2.24, 2.45) is 5.73 Å². The van der Waals surface area contributed by atoms with Gasteiger partial charge in [-0.15, -0.1) is 0 Å². The van der Waals surface area contributed by atoms with E-state index in [4.69, 9.17) is 5.73 Å². The number of carbonyl (C=O) groups is 1. The molecule has 3 N–H and O–H groups in total. The zero-order valence-corrected chi connectivity index (χ0v) is 13.2. The van der Waals surface area contributed by atoms with E-state index in [1.807, 2.05) is 30.3 Å². The first-order valence-corrected chi connectivity index (χ1v) is 7.24. The summed E-state index contributed by atoms with van der Waals surface area (Å²) >= 11 is 6.78. The zero-order valence-electron chi connectivity index (χ0n) is 9.99. The summed E-state index contributed by atoms with van der Waals surface area (Å²) in [6.07, 6.45) is 0. The predicted octanol–water partition coefficient (Wildman–Crippen LogP) is 3.92. The van der Waals surface area contributed by atoms with Gasteiger partial charge in [-0.3, -0.25) is 4.79 Å². The average Bonchev–Trinajstić information content (AvgIpc) is 2.42. The average molecular weight is 384 g/mol. The van der Waals surface area contributed by atoms with Crippen LogP contribution in [0.2, 0.25) is 0 Å². The van der Waals surface area contributed by atoms with Crippen LogP contribution in [0.25, 0.3) is 0 Å². The molecule has 5 heteroatoms. The molecule has 2 aromatic rings. The van der Waals surface area contributed by atoms with E-state index in [0.29, 0.717) is 12.1 Å². The van der Waals surface area contributed by atoms with E-state index in [9.17, 15) is 4.79 Å². The fraction of sp³-hybridized carbons (Fsp3) is 0.0714. The SMILES string of the molecule is NCc1ccc(C(=O)Nc2ccc(Br)cc2Br)cc1. The van der Waals surface area contributed by atoms with Gasteiger partial charge in [0.05, 0.1) is 5.69 Å². The number of anilines is 1. The normalized spacial score (nSPS) is 10.3. The molecule has 19 heavy (non-hydrogen) atoms. The topological polar surface area (TPSA) is 55.1 Å². The molecule has 3 nitrogen and oxygen atoms in total.